The minimum atomic E-state index is -3.86. The molecule has 0 aromatic heterocycles. The molecule has 0 spiro atoms. The lowest BCUT2D eigenvalue weighted by Gasteiger charge is -2.20. The molecule has 0 aliphatic heterocycles. The summed E-state index contributed by atoms with van der Waals surface area (Å²) >= 11 is 0. The topological polar surface area (TPSA) is 110 Å². The van der Waals surface area contributed by atoms with Gasteiger partial charge in [0, 0.05) is 12.7 Å². The van der Waals surface area contributed by atoms with E-state index in [-0.39, 0.29) is 22.8 Å². The maximum absolute atomic E-state index is 12.7. The van der Waals surface area contributed by atoms with E-state index in [1.54, 1.807) is 25.1 Å². The molecule has 25 heavy (non-hydrogen) atoms. The highest BCUT2D eigenvalue weighted by molar-refractivity contribution is 7.92. The molecule has 0 bridgehead atoms. The monoisotopic (exact) mass is 366 g/mol. The second-order valence-electron chi connectivity index (χ2n) is 5.05. The quantitative estimate of drug-likeness (QED) is 0.737. The molecule has 8 heteroatoms. The SMILES string of the molecule is CCOCC(Oc1ccc(C(=O)O)c(O)c1)S(=O)(=O)c1ccccc1. The van der Waals surface area contributed by atoms with Gasteiger partial charge in [-0.15, -0.1) is 0 Å². The molecule has 0 amide bonds. The van der Waals surface area contributed by atoms with Gasteiger partial charge in [0.25, 0.3) is 0 Å². The van der Waals surface area contributed by atoms with Gasteiger partial charge in [0.15, 0.2) is 0 Å². The number of sulfone groups is 1. The highest BCUT2D eigenvalue weighted by atomic mass is 32.2. The summed E-state index contributed by atoms with van der Waals surface area (Å²) < 4.78 is 36.2. The smallest absolute Gasteiger partial charge is 0.339 e. The van der Waals surface area contributed by atoms with Gasteiger partial charge in [0.05, 0.1) is 11.5 Å². The Balaban J connectivity index is 2.32. The summed E-state index contributed by atoms with van der Waals surface area (Å²) in [4.78, 5) is 11.0. The Morgan fingerprint density at radius 3 is 2.40 bits per heavy atom. The number of benzene rings is 2. The highest BCUT2D eigenvalue weighted by Gasteiger charge is 2.30. The molecule has 2 rings (SSSR count). The number of rotatable bonds is 8. The molecule has 0 saturated carbocycles. The molecular weight excluding hydrogens is 348 g/mol. The number of carbonyl (C=O) groups is 1. The minimum absolute atomic E-state index is 0.0201. The molecule has 1 unspecified atom stereocenters. The molecule has 134 valence electrons. The first-order valence-corrected chi connectivity index (χ1v) is 9.00. The predicted octanol–water partition coefficient (Wildman–Crippen LogP) is 2.31. The van der Waals surface area contributed by atoms with Crippen molar-refractivity contribution in [2.75, 3.05) is 13.2 Å². The standard InChI is InChI=1S/C17H18O7S/c1-2-23-11-16(25(21,22)13-6-4-3-5-7-13)24-12-8-9-14(17(19)20)15(18)10-12/h3-10,16,18H,2,11H2,1H3,(H,19,20). The molecule has 0 aliphatic rings. The lowest BCUT2D eigenvalue weighted by Crippen LogP contribution is -2.32. The maximum atomic E-state index is 12.7. The van der Waals surface area contributed by atoms with Crippen LogP contribution < -0.4 is 4.74 Å². The molecule has 0 fully saturated rings. The normalized spacial score (nSPS) is 12.5. The van der Waals surface area contributed by atoms with E-state index in [2.05, 4.69) is 0 Å². The van der Waals surface area contributed by atoms with Gasteiger partial charge in [-0.2, -0.15) is 0 Å². The Morgan fingerprint density at radius 1 is 1.16 bits per heavy atom. The van der Waals surface area contributed by atoms with Crippen LogP contribution in [0.3, 0.4) is 0 Å². The number of carboxylic acid groups (broad SMARTS) is 1. The number of ether oxygens (including phenoxy) is 2. The number of hydrogen-bond acceptors (Lipinski definition) is 6. The van der Waals surface area contributed by atoms with Crippen molar-refractivity contribution in [1.29, 1.82) is 0 Å². The summed E-state index contributed by atoms with van der Waals surface area (Å²) in [7, 11) is -3.86. The van der Waals surface area contributed by atoms with E-state index < -0.39 is 27.0 Å². The summed E-state index contributed by atoms with van der Waals surface area (Å²) in [6, 6.07) is 11.3. The van der Waals surface area contributed by atoms with Gasteiger partial charge in [-0.05, 0) is 31.2 Å². The van der Waals surface area contributed by atoms with Crippen molar-refractivity contribution >= 4 is 15.8 Å². The van der Waals surface area contributed by atoms with Crippen molar-refractivity contribution in [2.24, 2.45) is 0 Å². The van der Waals surface area contributed by atoms with Crippen LogP contribution >= 0.6 is 0 Å². The lowest BCUT2D eigenvalue weighted by molar-refractivity contribution is 0.0693. The third kappa shape index (κ3) is 4.49. The molecule has 0 aliphatic carbocycles. The molecule has 0 heterocycles. The van der Waals surface area contributed by atoms with Crippen LogP contribution in [0, 0.1) is 0 Å². The van der Waals surface area contributed by atoms with Gasteiger partial charge in [-0.1, -0.05) is 18.2 Å². The van der Waals surface area contributed by atoms with Gasteiger partial charge in [0.2, 0.25) is 15.3 Å². The summed E-state index contributed by atoms with van der Waals surface area (Å²) in [6.07, 6.45) is 0. The Kier molecular flexibility index (Phi) is 6.00. The number of phenols is 1. The molecule has 0 saturated heterocycles. The van der Waals surface area contributed by atoms with Crippen molar-refractivity contribution in [3.63, 3.8) is 0 Å². The second-order valence-corrected chi connectivity index (χ2v) is 7.14. The van der Waals surface area contributed by atoms with Crippen molar-refractivity contribution in [2.45, 2.75) is 17.3 Å². The molecule has 2 aromatic rings. The number of aromatic hydroxyl groups is 1. The summed E-state index contributed by atoms with van der Waals surface area (Å²) in [5.41, 5.74) is -1.65. The number of aromatic carboxylic acids is 1. The highest BCUT2D eigenvalue weighted by Crippen LogP contribution is 2.26. The number of hydrogen-bond donors (Lipinski definition) is 2. The first-order valence-electron chi connectivity index (χ1n) is 7.46. The van der Waals surface area contributed by atoms with Crippen LogP contribution in [-0.2, 0) is 14.6 Å². The molecular formula is C17H18O7S. The second kappa shape index (κ2) is 8.00. The van der Waals surface area contributed by atoms with Gasteiger partial charge in [0.1, 0.15) is 17.1 Å². The van der Waals surface area contributed by atoms with Crippen molar-refractivity contribution in [1.82, 2.24) is 0 Å². The lowest BCUT2D eigenvalue weighted by atomic mass is 10.2. The van der Waals surface area contributed by atoms with Crippen LogP contribution in [0.15, 0.2) is 53.4 Å². The third-order valence-electron chi connectivity index (χ3n) is 3.34. The Bertz CT molecular complexity index is 831. The molecule has 7 nitrogen and oxygen atoms in total. The molecule has 0 radical (unpaired) electrons. The van der Waals surface area contributed by atoms with Crippen LogP contribution in [0.2, 0.25) is 0 Å². The predicted molar refractivity (Wildman–Crippen MR) is 89.6 cm³/mol. The van der Waals surface area contributed by atoms with Crippen LogP contribution in [0.5, 0.6) is 11.5 Å². The van der Waals surface area contributed by atoms with Gasteiger partial charge >= 0.3 is 5.97 Å². The van der Waals surface area contributed by atoms with E-state index in [4.69, 9.17) is 14.6 Å². The fourth-order valence-electron chi connectivity index (χ4n) is 2.08. The van der Waals surface area contributed by atoms with E-state index in [0.29, 0.717) is 6.61 Å². The van der Waals surface area contributed by atoms with Gasteiger partial charge in [-0.3, -0.25) is 0 Å². The van der Waals surface area contributed by atoms with Gasteiger partial charge < -0.3 is 19.7 Å². The Labute approximate surface area is 145 Å². The van der Waals surface area contributed by atoms with E-state index in [9.17, 15) is 18.3 Å². The van der Waals surface area contributed by atoms with Crippen molar-refractivity contribution in [3.05, 3.63) is 54.1 Å². The zero-order valence-electron chi connectivity index (χ0n) is 13.5. The zero-order chi connectivity index (χ0) is 18.4. The summed E-state index contributed by atoms with van der Waals surface area (Å²) in [5, 5.41) is 18.6. The molecule has 2 N–H and O–H groups in total. The van der Waals surface area contributed by atoms with Crippen LogP contribution in [0.25, 0.3) is 0 Å². The Hall–Kier alpha value is -2.58. The van der Waals surface area contributed by atoms with E-state index in [0.717, 1.165) is 12.1 Å². The fourth-order valence-corrected chi connectivity index (χ4v) is 3.43. The van der Waals surface area contributed by atoms with Crippen LogP contribution in [0.1, 0.15) is 17.3 Å². The first kappa shape index (κ1) is 18.8. The third-order valence-corrected chi connectivity index (χ3v) is 5.20. The average molecular weight is 366 g/mol. The molecule has 2 aromatic carbocycles. The van der Waals surface area contributed by atoms with E-state index in [1.165, 1.54) is 18.2 Å². The van der Waals surface area contributed by atoms with Crippen molar-refractivity contribution in [3.8, 4) is 11.5 Å². The fraction of sp³-hybridized carbons (Fsp3) is 0.235. The van der Waals surface area contributed by atoms with Crippen LogP contribution in [0.4, 0.5) is 0 Å². The first-order chi connectivity index (χ1) is 11.9. The largest absolute Gasteiger partial charge is 0.507 e. The average Bonchev–Trinajstić information content (AvgIpc) is 2.59. The van der Waals surface area contributed by atoms with Crippen LogP contribution in [-0.4, -0.2) is 43.2 Å². The van der Waals surface area contributed by atoms with Gasteiger partial charge in [-0.25, -0.2) is 13.2 Å². The maximum Gasteiger partial charge on any atom is 0.339 e. The number of carboxylic acids is 1. The zero-order valence-corrected chi connectivity index (χ0v) is 14.3. The summed E-state index contributed by atoms with van der Waals surface area (Å²) in [6.45, 7) is 1.81. The van der Waals surface area contributed by atoms with Crippen molar-refractivity contribution < 1.29 is 32.9 Å². The Morgan fingerprint density at radius 2 is 1.84 bits per heavy atom. The van der Waals surface area contributed by atoms with E-state index in [1.807, 2.05) is 0 Å². The minimum Gasteiger partial charge on any atom is -0.507 e. The summed E-state index contributed by atoms with van der Waals surface area (Å²) in [5.74, 6) is -1.80. The molecule has 1 atom stereocenters. The van der Waals surface area contributed by atoms with E-state index >= 15 is 0 Å².